The minimum Gasteiger partial charge on any atom is -0.460 e. The fourth-order valence-electron chi connectivity index (χ4n) is 2.66. The third kappa shape index (κ3) is 3.11. The van der Waals surface area contributed by atoms with Crippen LogP contribution in [0.15, 0.2) is 4.99 Å². The number of rotatable bonds is 2. The van der Waals surface area contributed by atoms with E-state index in [0.717, 1.165) is 0 Å². The van der Waals surface area contributed by atoms with Crippen LogP contribution in [0.1, 0.15) is 13.3 Å². The number of nitrogens with one attached hydrogen (secondary N) is 1. The van der Waals surface area contributed by atoms with Gasteiger partial charge in [-0.1, -0.05) is 6.92 Å². The number of aliphatic imine (C=N–C) groups is 1. The summed E-state index contributed by atoms with van der Waals surface area (Å²) in [5, 5.41) is 21.9. The summed E-state index contributed by atoms with van der Waals surface area (Å²) in [5.41, 5.74) is 0. The first-order valence-electron chi connectivity index (χ1n) is 6.15. The monoisotopic (exact) mass is 282 g/mol. The van der Waals surface area contributed by atoms with E-state index in [-0.39, 0.29) is 36.6 Å². The molecule has 8 heteroatoms. The summed E-state index contributed by atoms with van der Waals surface area (Å²) in [6, 6.07) is -0.408. The first-order chi connectivity index (χ1) is 8.81. The number of halogens is 3. The van der Waals surface area contributed by atoms with Gasteiger partial charge in [0.15, 0.2) is 0 Å². The molecular weight excluding hydrogens is 265 g/mol. The van der Waals surface area contributed by atoms with Gasteiger partial charge in [-0.05, 0) is 6.42 Å². The molecule has 1 aliphatic carbocycles. The van der Waals surface area contributed by atoms with Crippen LogP contribution in [0.4, 0.5) is 13.2 Å². The predicted octanol–water partition coefficient (Wildman–Crippen LogP) is 0.271. The van der Waals surface area contributed by atoms with Gasteiger partial charge in [-0.2, -0.15) is 13.2 Å². The standard InChI is InChI=1S/C11H17F3N2O3/c1-5-8-7(2-6(3-17)9(5)18)19-10(16-8)15-4-11(12,13)14/h5-9,17-18H,2-4H2,1H3,(H,15,16). The molecule has 1 saturated carbocycles. The van der Waals surface area contributed by atoms with Gasteiger partial charge in [-0.3, -0.25) is 0 Å². The zero-order chi connectivity index (χ0) is 14.2. The Hall–Kier alpha value is -1.02. The van der Waals surface area contributed by atoms with Gasteiger partial charge in [-0.25, -0.2) is 4.99 Å². The van der Waals surface area contributed by atoms with Crippen LogP contribution in [0.2, 0.25) is 0 Å². The first-order valence-corrected chi connectivity index (χ1v) is 6.15. The number of ether oxygens (including phenoxy) is 1. The van der Waals surface area contributed by atoms with Crippen molar-refractivity contribution in [2.24, 2.45) is 16.8 Å². The van der Waals surface area contributed by atoms with Gasteiger partial charge < -0.3 is 20.3 Å². The smallest absolute Gasteiger partial charge is 0.408 e. The summed E-state index contributed by atoms with van der Waals surface area (Å²) >= 11 is 0. The zero-order valence-corrected chi connectivity index (χ0v) is 10.4. The molecule has 5 nitrogen and oxygen atoms in total. The maximum atomic E-state index is 12.1. The van der Waals surface area contributed by atoms with Crippen LogP contribution in [0, 0.1) is 11.8 Å². The van der Waals surface area contributed by atoms with Crippen LogP contribution < -0.4 is 5.32 Å². The molecule has 5 atom stereocenters. The summed E-state index contributed by atoms with van der Waals surface area (Å²) in [4.78, 5) is 3.34. The summed E-state index contributed by atoms with van der Waals surface area (Å²) in [7, 11) is 0. The molecule has 0 bridgehead atoms. The van der Waals surface area contributed by atoms with Crippen molar-refractivity contribution in [3.05, 3.63) is 0 Å². The second-order valence-electron chi connectivity index (χ2n) is 5.09. The van der Waals surface area contributed by atoms with Crippen molar-refractivity contribution in [2.45, 2.75) is 37.8 Å². The molecule has 0 spiro atoms. The Bertz CT molecular complexity index is 362. The van der Waals surface area contributed by atoms with E-state index in [1.807, 2.05) is 0 Å². The van der Waals surface area contributed by atoms with Crippen molar-refractivity contribution in [2.75, 3.05) is 13.2 Å². The Morgan fingerprint density at radius 2 is 2.16 bits per heavy atom. The lowest BCUT2D eigenvalue weighted by Crippen LogP contribution is -2.51. The number of fused-ring (bicyclic) bond motifs is 1. The largest absolute Gasteiger partial charge is 0.460 e. The lowest BCUT2D eigenvalue weighted by molar-refractivity contribution is -0.118. The van der Waals surface area contributed by atoms with E-state index in [1.54, 1.807) is 6.92 Å². The van der Waals surface area contributed by atoms with Crippen molar-refractivity contribution in [1.82, 2.24) is 5.32 Å². The Morgan fingerprint density at radius 1 is 1.47 bits per heavy atom. The normalized spacial score (nSPS) is 40.7. The summed E-state index contributed by atoms with van der Waals surface area (Å²) in [6.45, 7) is 0.301. The lowest BCUT2D eigenvalue weighted by Gasteiger charge is -2.38. The van der Waals surface area contributed by atoms with E-state index >= 15 is 0 Å². The van der Waals surface area contributed by atoms with Gasteiger partial charge >= 0.3 is 6.18 Å². The highest BCUT2D eigenvalue weighted by Crippen LogP contribution is 2.34. The van der Waals surface area contributed by atoms with Crippen LogP contribution in [0.5, 0.6) is 0 Å². The molecule has 19 heavy (non-hydrogen) atoms. The van der Waals surface area contributed by atoms with E-state index < -0.39 is 18.8 Å². The molecule has 0 radical (unpaired) electrons. The fourth-order valence-corrected chi connectivity index (χ4v) is 2.66. The molecule has 1 heterocycles. The fraction of sp³-hybridized carbons (Fsp3) is 0.909. The van der Waals surface area contributed by atoms with Crippen LogP contribution in [-0.4, -0.2) is 53.8 Å². The van der Waals surface area contributed by atoms with E-state index in [4.69, 9.17) is 9.84 Å². The summed E-state index contributed by atoms with van der Waals surface area (Å²) < 4.78 is 41.5. The number of nitrogens with zero attached hydrogens (tertiary/aromatic N) is 1. The van der Waals surface area contributed by atoms with Crippen molar-refractivity contribution >= 4 is 6.02 Å². The van der Waals surface area contributed by atoms with E-state index in [0.29, 0.717) is 6.42 Å². The first kappa shape index (κ1) is 14.4. The molecule has 5 unspecified atom stereocenters. The number of alkyl halides is 3. The predicted molar refractivity (Wildman–Crippen MR) is 60.5 cm³/mol. The second-order valence-corrected chi connectivity index (χ2v) is 5.09. The van der Waals surface area contributed by atoms with Crippen LogP contribution in [0.3, 0.4) is 0 Å². The minimum absolute atomic E-state index is 0.134. The zero-order valence-electron chi connectivity index (χ0n) is 10.4. The van der Waals surface area contributed by atoms with E-state index in [2.05, 4.69) is 10.3 Å². The van der Waals surface area contributed by atoms with Crippen LogP contribution >= 0.6 is 0 Å². The number of hydrogen-bond donors (Lipinski definition) is 3. The van der Waals surface area contributed by atoms with Crippen LogP contribution in [-0.2, 0) is 4.74 Å². The maximum absolute atomic E-state index is 12.1. The average Bonchev–Trinajstić information content (AvgIpc) is 2.73. The summed E-state index contributed by atoms with van der Waals surface area (Å²) in [6.07, 6.45) is -5.04. The molecule has 0 aromatic heterocycles. The topological polar surface area (TPSA) is 74.1 Å². The second kappa shape index (κ2) is 5.16. The Morgan fingerprint density at radius 3 is 2.74 bits per heavy atom. The molecule has 0 aromatic carbocycles. The molecule has 2 aliphatic rings. The van der Waals surface area contributed by atoms with E-state index in [1.165, 1.54) is 0 Å². The molecular formula is C11H17F3N2O3. The lowest BCUT2D eigenvalue weighted by atomic mass is 9.75. The summed E-state index contributed by atoms with van der Waals surface area (Å²) in [5.74, 6) is -0.547. The maximum Gasteiger partial charge on any atom is 0.408 e. The highest BCUT2D eigenvalue weighted by Gasteiger charge is 2.47. The number of amidine groups is 1. The van der Waals surface area contributed by atoms with Crippen molar-refractivity contribution < 1.29 is 28.1 Å². The average molecular weight is 282 g/mol. The molecule has 3 N–H and O–H groups in total. The Balaban J connectivity index is 2.03. The van der Waals surface area contributed by atoms with Gasteiger partial charge in [0.1, 0.15) is 12.6 Å². The van der Waals surface area contributed by atoms with Crippen molar-refractivity contribution in [3.8, 4) is 0 Å². The Labute approximate surface area is 108 Å². The van der Waals surface area contributed by atoms with Gasteiger partial charge in [0.05, 0.1) is 12.1 Å². The van der Waals surface area contributed by atoms with Crippen molar-refractivity contribution in [1.29, 1.82) is 0 Å². The third-order valence-electron chi connectivity index (χ3n) is 3.71. The molecule has 110 valence electrons. The van der Waals surface area contributed by atoms with Gasteiger partial charge in [-0.15, -0.1) is 0 Å². The SMILES string of the molecule is CC1C(O)C(CO)CC2OC(=NCC(F)(F)F)NC21. The quantitative estimate of drug-likeness (QED) is 0.680. The molecule has 1 aliphatic heterocycles. The third-order valence-corrected chi connectivity index (χ3v) is 3.71. The van der Waals surface area contributed by atoms with Gasteiger partial charge in [0.2, 0.25) is 0 Å². The Kier molecular flexibility index (Phi) is 3.91. The minimum atomic E-state index is -4.37. The molecule has 0 aromatic rings. The number of hydrogen-bond acceptors (Lipinski definition) is 4. The highest BCUT2D eigenvalue weighted by molar-refractivity contribution is 5.76. The molecule has 1 saturated heterocycles. The van der Waals surface area contributed by atoms with Gasteiger partial charge in [0, 0.05) is 18.4 Å². The van der Waals surface area contributed by atoms with Gasteiger partial charge in [0.25, 0.3) is 6.02 Å². The number of aliphatic hydroxyl groups is 2. The van der Waals surface area contributed by atoms with Crippen LogP contribution in [0.25, 0.3) is 0 Å². The molecule has 0 amide bonds. The molecule has 2 rings (SSSR count). The molecule has 2 fully saturated rings. The van der Waals surface area contributed by atoms with E-state index in [9.17, 15) is 18.3 Å². The highest BCUT2D eigenvalue weighted by atomic mass is 19.4. The number of aliphatic hydroxyl groups excluding tert-OH is 2. The van der Waals surface area contributed by atoms with Crippen molar-refractivity contribution in [3.63, 3.8) is 0 Å².